The third kappa shape index (κ3) is 8.37. The van der Waals surface area contributed by atoms with E-state index in [1.54, 1.807) is 24.3 Å². The summed E-state index contributed by atoms with van der Waals surface area (Å²) in [7, 11) is -2.67. The van der Waals surface area contributed by atoms with Gasteiger partial charge in [-0.2, -0.15) is 0 Å². The van der Waals surface area contributed by atoms with Crippen LogP contribution in [0.25, 0.3) is 0 Å². The Bertz CT molecular complexity index is 966. The summed E-state index contributed by atoms with van der Waals surface area (Å²) >= 11 is 0. The second kappa shape index (κ2) is 12.6. The van der Waals surface area contributed by atoms with Gasteiger partial charge in [-0.25, -0.2) is 8.42 Å². The van der Waals surface area contributed by atoms with Gasteiger partial charge in [-0.1, -0.05) is 39.8 Å². The first-order valence-electron chi connectivity index (χ1n) is 10.9. The number of nitrogens with two attached hydrogens (primary N) is 1. The van der Waals surface area contributed by atoms with Gasteiger partial charge in [-0.05, 0) is 67.3 Å². The average Bonchev–Trinajstić information content (AvgIpc) is 2.74. The highest BCUT2D eigenvalue weighted by Gasteiger charge is 2.47. The van der Waals surface area contributed by atoms with Gasteiger partial charge in [0.05, 0.1) is 18.6 Å². The monoisotopic (exact) mass is 479 g/mol. The Labute approximate surface area is 197 Å². The fourth-order valence-electron chi connectivity index (χ4n) is 2.81. The molecule has 0 saturated heterocycles. The van der Waals surface area contributed by atoms with Crippen molar-refractivity contribution in [3.05, 3.63) is 54.1 Å². The molecule has 3 N–H and O–H groups in total. The Balaban J connectivity index is 0.00000125. The fourth-order valence-corrected chi connectivity index (χ4v) is 4.41. The molecule has 0 aromatic heterocycles. The average molecular weight is 480 g/mol. The topological polar surface area (TPSA) is 116 Å². The van der Waals surface area contributed by atoms with Gasteiger partial charge in [0.15, 0.2) is 14.6 Å². The minimum atomic E-state index is -4.14. The van der Waals surface area contributed by atoms with Gasteiger partial charge in [0.2, 0.25) is 0 Å². The van der Waals surface area contributed by atoms with Crippen LogP contribution < -0.4 is 15.2 Å². The first-order chi connectivity index (χ1) is 15.3. The van der Waals surface area contributed by atoms with Gasteiger partial charge in [-0.15, -0.1) is 0 Å². The molecule has 8 heteroatoms. The van der Waals surface area contributed by atoms with E-state index in [2.05, 4.69) is 13.8 Å². The Kier molecular flexibility index (Phi) is 10.9. The SMILES string of the molecule is CC(C)N.COc1ccc(S(=O)(=O)C(C)(Cc2ccc(OCCC(C)C)cc2)C(=O)O)cc1. The lowest BCUT2D eigenvalue weighted by Gasteiger charge is -2.25. The third-order valence-electron chi connectivity index (χ3n) is 4.84. The summed E-state index contributed by atoms with van der Waals surface area (Å²) in [6.07, 6.45) is 0.766. The van der Waals surface area contributed by atoms with Crippen LogP contribution in [0, 0.1) is 5.92 Å². The molecular weight excluding hydrogens is 442 g/mol. The molecule has 0 aliphatic rings. The number of benzene rings is 2. The molecule has 0 spiro atoms. The molecule has 0 radical (unpaired) electrons. The van der Waals surface area contributed by atoms with Crippen molar-refractivity contribution in [1.29, 1.82) is 0 Å². The van der Waals surface area contributed by atoms with Crippen LogP contribution in [0.2, 0.25) is 0 Å². The quantitative estimate of drug-likeness (QED) is 0.521. The van der Waals surface area contributed by atoms with Crippen molar-refractivity contribution < 1.29 is 27.8 Å². The van der Waals surface area contributed by atoms with Crippen molar-refractivity contribution in [2.75, 3.05) is 13.7 Å². The van der Waals surface area contributed by atoms with Gasteiger partial charge in [-0.3, -0.25) is 4.79 Å². The number of carbonyl (C=O) groups is 1. The van der Waals surface area contributed by atoms with E-state index < -0.39 is 20.6 Å². The number of ether oxygens (including phenoxy) is 2. The number of carboxylic acids is 1. The zero-order chi connectivity index (χ0) is 25.2. The lowest BCUT2D eigenvalue weighted by Crippen LogP contribution is -2.45. The largest absolute Gasteiger partial charge is 0.497 e. The third-order valence-corrected chi connectivity index (χ3v) is 7.24. The standard InChI is InChI=1S/C22H28O6S.C3H9N/c1-16(2)13-14-28-19-7-5-17(6-8-19)15-22(3,21(23)24)29(25,26)20-11-9-18(27-4)10-12-20;1-3(2)4/h5-12,16H,13-15H2,1-4H3,(H,23,24);3H,4H2,1-2H3. The van der Waals surface area contributed by atoms with Crippen molar-refractivity contribution in [3.8, 4) is 11.5 Å². The van der Waals surface area contributed by atoms with E-state index in [9.17, 15) is 18.3 Å². The predicted molar refractivity (Wildman–Crippen MR) is 131 cm³/mol. The van der Waals surface area contributed by atoms with E-state index in [4.69, 9.17) is 15.2 Å². The van der Waals surface area contributed by atoms with E-state index in [0.29, 0.717) is 35.6 Å². The number of hydrogen-bond donors (Lipinski definition) is 2. The van der Waals surface area contributed by atoms with Crippen LogP contribution in [-0.4, -0.2) is 44.0 Å². The number of rotatable bonds is 10. The maximum Gasteiger partial charge on any atom is 0.325 e. The van der Waals surface area contributed by atoms with Crippen molar-refractivity contribution >= 4 is 15.8 Å². The number of hydrogen-bond acceptors (Lipinski definition) is 6. The van der Waals surface area contributed by atoms with Crippen LogP contribution in [0.1, 0.15) is 46.6 Å². The molecule has 0 fully saturated rings. The van der Waals surface area contributed by atoms with Crippen molar-refractivity contribution in [1.82, 2.24) is 0 Å². The molecule has 1 atom stereocenters. The number of carboxylic acid groups (broad SMARTS) is 1. The molecule has 1 unspecified atom stereocenters. The van der Waals surface area contributed by atoms with E-state index in [0.717, 1.165) is 6.42 Å². The van der Waals surface area contributed by atoms with E-state index in [1.807, 2.05) is 13.8 Å². The first kappa shape index (κ1) is 28.5. The predicted octanol–water partition coefficient (Wildman–Crippen LogP) is 4.33. The summed E-state index contributed by atoms with van der Waals surface area (Å²) in [4.78, 5) is 12.0. The zero-order valence-corrected chi connectivity index (χ0v) is 21.2. The molecule has 2 aromatic carbocycles. The fraction of sp³-hybridized carbons (Fsp3) is 0.480. The molecule has 33 heavy (non-hydrogen) atoms. The van der Waals surface area contributed by atoms with Gasteiger partial charge >= 0.3 is 5.97 Å². The van der Waals surface area contributed by atoms with E-state index in [1.165, 1.54) is 38.3 Å². The van der Waals surface area contributed by atoms with Crippen LogP contribution in [-0.2, 0) is 21.1 Å². The second-order valence-electron chi connectivity index (χ2n) is 8.81. The van der Waals surface area contributed by atoms with Crippen LogP contribution in [0.5, 0.6) is 11.5 Å². The summed E-state index contributed by atoms with van der Waals surface area (Å²) in [5.74, 6) is 0.303. The lowest BCUT2D eigenvalue weighted by atomic mass is 10.0. The maximum atomic E-state index is 13.1. The van der Waals surface area contributed by atoms with Gasteiger partial charge in [0.1, 0.15) is 11.5 Å². The number of aliphatic carboxylic acids is 1. The Morgan fingerprint density at radius 3 is 1.91 bits per heavy atom. The van der Waals surface area contributed by atoms with Crippen molar-refractivity contribution in [3.63, 3.8) is 0 Å². The highest BCUT2D eigenvalue weighted by molar-refractivity contribution is 7.93. The highest BCUT2D eigenvalue weighted by atomic mass is 32.2. The summed E-state index contributed by atoms with van der Waals surface area (Å²) < 4.78 is 34.9. The molecule has 0 aliphatic carbocycles. The normalized spacial score (nSPS) is 13.1. The van der Waals surface area contributed by atoms with E-state index >= 15 is 0 Å². The molecule has 0 heterocycles. The zero-order valence-electron chi connectivity index (χ0n) is 20.4. The molecular formula is C25H37NO6S. The minimum absolute atomic E-state index is 0.0585. The van der Waals surface area contributed by atoms with Crippen LogP contribution in [0.3, 0.4) is 0 Å². The number of sulfone groups is 1. The Hall–Kier alpha value is -2.58. The molecule has 2 aromatic rings. The first-order valence-corrected chi connectivity index (χ1v) is 12.4. The molecule has 0 aliphatic heterocycles. The van der Waals surface area contributed by atoms with Gasteiger partial charge < -0.3 is 20.3 Å². The minimum Gasteiger partial charge on any atom is -0.497 e. The molecule has 184 valence electrons. The Morgan fingerprint density at radius 2 is 1.48 bits per heavy atom. The summed E-state index contributed by atoms with van der Waals surface area (Å²) in [6, 6.07) is 12.9. The Morgan fingerprint density at radius 1 is 1.00 bits per heavy atom. The summed E-state index contributed by atoms with van der Waals surface area (Å²) in [5, 5.41) is 9.79. The molecule has 0 saturated carbocycles. The number of methoxy groups -OCH3 is 1. The molecule has 7 nitrogen and oxygen atoms in total. The van der Waals surface area contributed by atoms with Crippen molar-refractivity contribution in [2.45, 2.75) is 63.1 Å². The maximum absolute atomic E-state index is 13.1. The van der Waals surface area contributed by atoms with E-state index in [-0.39, 0.29) is 11.3 Å². The molecule has 0 amide bonds. The van der Waals surface area contributed by atoms with Gasteiger partial charge in [0, 0.05) is 6.42 Å². The lowest BCUT2D eigenvalue weighted by molar-refractivity contribution is -0.139. The summed E-state index contributed by atoms with van der Waals surface area (Å²) in [5.41, 5.74) is 5.71. The van der Waals surface area contributed by atoms with Crippen LogP contribution in [0.4, 0.5) is 0 Å². The smallest absolute Gasteiger partial charge is 0.325 e. The van der Waals surface area contributed by atoms with Crippen molar-refractivity contribution in [2.24, 2.45) is 11.7 Å². The van der Waals surface area contributed by atoms with Crippen LogP contribution in [0.15, 0.2) is 53.4 Å². The van der Waals surface area contributed by atoms with Gasteiger partial charge in [0.25, 0.3) is 0 Å². The summed E-state index contributed by atoms with van der Waals surface area (Å²) in [6.45, 7) is 9.95. The highest BCUT2D eigenvalue weighted by Crippen LogP contribution is 2.31. The molecule has 2 rings (SSSR count). The second-order valence-corrected chi connectivity index (χ2v) is 11.2. The van der Waals surface area contributed by atoms with Crippen LogP contribution >= 0.6 is 0 Å². The molecule has 0 bridgehead atoms.